The van der Waals surface area contributed by atoms with Crippen molar-refractivity contribution in [3.05, 3.63) is 0 Å². The maximum absolute atomic E-state index is 12.1. The summed E-state index contributed by atoms with van der Waals surface area (Å²) >= 11 is 0. The lowest BCUT2D eigenvalue weighted by molar-refractivity contribution is -0.125. The zero-order chi connectivity index (χ0) is 13.3. The van der Waals surface area contributed by atoms with Crippen molar-refractivity contribution in [2.45, 2.75) is 58.0 Å². The van der Waals surface area contributed by atoms with Crippen LogP contribution in [0.4, 0.5) is 0 Å². The smallest absolute Gasteiger partial charge is 0.324 e. The van der Waals surface area contributed by atoms with Crippen molar-refractivity contribution in [1.82, 2.24) is 0 Å². The first-order valence-electron chi connectivity index (χ1n) is 6.26. The van der Waals surface area contributed by atoms with E-state index in [-0.39, 0.29) is 11.7 Å². The molecule has 0 aromatic heterocycles. The van der Waals surface area contributed by atoms with Crippen LogP contribution in [0.5, 0.6) is 0 Å². The summed E-state index contributed by atoms with van der Waals surface area (Å²) in [4.78, 5) is 30.5. The first kappa shape index (κ1) is 14.9. The Bertz CT molecular complexity index is 325. The van der Waals surface area contributed by atoms with E-state index in [2.05, 4.69) is 0 Å². The van der Waals surface area contributed by atoms with E-state index in [0.717, 1.165) is 19.3 Å². The van der Waals surface area contributed by atoms with Crippen molar-refractivity contribution >= 4 is 13.4 Å². The second-order valence-electron chi connectivity index (χ2n) is 5.75. The lowest BCUT2D eigenvalue weighted by atomic mass is 9.87. The van der Waals surface area contributed by atoms with Crippen LogP contribution in [-0.4, -0.2) is 20.7 Å². The quantitative estimate of drug-likeness (QED) is 0.747. The standard InChI is InChI=1S/C12H23O4P/c1-9(8-10-6-4-5-7-10)11(13)12(2,3)17(14,15)16/h9-10H,4-8H2,1-3H3,(H2,14,15,16)/t9-/m0/s1. The van der Waals surface area contributed by atoms with E-state index in [9.17, 15) is 19.1 Å². The SMILES string of the molecule is C[C@@H](CC1CCCC1)C(=O)C(C)(C)P(=O)(O)O. The summed E-state index contributed by atoms with van der Waals surface area (Å²) in [5.74, 6) is -0.0139. The lowest BCUT2D eigenvalue weighted by Gasteiger charge is -2.28. The van der Waals surface area contributed by atoms with Gasteiger partial charge in [0, 0.05) is 5.92 Å². The molecule has 0 saturated heterocycles. The zero-order valence-corrected chi connectivity index (χ0v) is 11.7. The third-order valence-corrected chi connectivity index (χ3v) is 5.62. The van der Waals surface area contributed by atoms with Crippen LogP contribution in [-0.2, 0) is 9.36 Å². The predicted molar refractivity (Wildman–Crippen MR) is 66.9 cm³/mol. The summed E-state index contributed by atoms with van der Waals surface area (Å²) < 4.78 is 11.3. The number of hydrogen-bond donors (Lipinski definition) is 2. The minimum atomic E-state index is -4.37. The Kier molecular flexibility index (Phi) is 4.56. The fourth-order valence-corrected chi connectivity index (χ4v) is 3.11. The van der Waals surface area contributed by atoms with Crippen molar-refractivity contribution < 1.29 is 19.1 Å². The van der Waals surface area contributed by atoms with Gasteiger partial charge in [-0.05, 0) is 26.2 Å². The molecule has 0 radical (unpaired) electrons. The largest absolute Gasteiger partial charge is 0.338 e. The third-order valence-electron chi connectivity index (χ3n) is 3.94. The number of carbonyl (C=O) groups excluding carboxylic acids is 1. The Balaban J connectivity index is 2.65. The molecule has 4 nitrogen and oxygen atoms in total. The highest BCUT2D eigenvalue weighted by Crippen LogP contribution is 2.52. The van der Waals surface area contributed by atoms with E-state index in [0.29, 0.717) is 5.92 Å². The Morgan fingerprint density at radius 3 is 2.24 bits per heavy atom. The molecule has 1 saturated carbocycles. The van der Waals surface area contributed by atoms with Crippen molar-refractivity contribution in [2.75, 3.05) is 0 Å². The van der Waals surface area contributed by atoms with Gasteiger partial charge in [0.1, 0.15) is 5.16 Å². The molecule has 0 unspecified atom stereocenters. The van der Waals surface area contributed by atoms with Gasteiger partial charge in [0.05, 0.1) is 0 Å². The van der Waals surface area contributed by atoms with Crippen LogP contribution < -0.4 is 0 Å². The van der Waals surface area contributed by atoms with E-state index in [1.165, 1.54) is 26.7 Å². The summed E-state index contributed by atoms with van der Waals surface area (Å²) in [6.07, 6.45) is 5.49. The summed E-state index contributed by atoms with van der Waals surface area (Å²) in [6.45, 7) is 4.49. The van der Waals surface area contributed by atoms with Gasteiger partial charge in [0.2, 0.25) is 0 Å². The van der Waals surface area contributed by atoms with Gasteiger partial charge in [0.25, 0.3) is 0 Å². The van der Waals surface area contributed by atoms with Crippen LogP contribution in [0, 0.1) is 11.8 Å². The highest BCUT2D eigenvalue weighted by Gasteiger charge is 2.46. The second-order valence-corrected chi connectivity index (χ2v) is 7.96. The van der Waals surface area contributed by atoms with Crippen molar-refractivity contribution in [3.63, 3.8) is 0 Å². The average molecular weight is 262 g/mol. The number of ketones is 1. The lowest BCUT2D eigenvalue weighted by Crippen LogP contribution is -2.36. The normalized spacial score (nSPS) is 20.5. The monoisotopic (exact) mass is 262 g/mol. The number of hydrogen-bond acceptors (Lipinski definition) is 2. The van der Waals surface area contributed by atoms with Crippen LogP contribution >= 0.6 is 7.60 Å². The molecule has 0 bridgehead atoms. The highest BCUT2D eigenvalue weighted by molar-refractivity contribution is 7.54. The molecule has 1 fully saturated rings. The summed E-state index contributed by atoms with van der Waals surface area (Å²) in [5.41, 5.74) is 0. The van der Waals surface area contributed by atoms with Gasteiger partial charge in [-0.1, -0.05) is 32.6 Å². The molecule has 2 N–H and O–H groups in total. The minimum Gasteiger partial charge on any atom is -0.324 e. The summed E-state index contributed by atoms with van der Waals surface area (Å²) in [6, 6.07) is 0. The fraction of sp³-hybridized carbons (Fsp3) is 0.917. The summed E-state index contributed by atoms with van der Waals surface area (Å²) in [7, 11) is -4.37. The molecule has 5 heteroatoms. The van der Waals surface area contributed by atoms with Gasteiger partial charge in [-0.2, -0.15) is 0 Å². The Labute approximate surface area is 103 Å². The molecule has 1 aliphatic carbocycles. The van der Waals surface area contributed by atoms with Gasteiger partial charge >= 0.3 is 7.60 Å². The topological polar surface area (TPSA) is 74.6 Å². The first-order chi connectivity index (χ1) is 7.66. The van der Waals surface area contributed by atoms with Gasteiger partial charge < -0.3 is 9.79 Å². The Morgan fingerprint density at radius 2 is 1.82 bits per heavy atom. The second kappa shape index (κ2) is 5.21. The van der Waals surface area contributed by atoms with E-state index in [4.69, 9.17) is 0 Å². The maximum Gasteiger partial charge on any atom is 0.338 e. The molecule has 1 atom stereocenters. The molecule has 1 rings (SSSR count). The van der Waals surface area contributed by atoms with Crippen LogP contribution in [0.1, 0.15) is 52.9 Å². The fourth-order valence-electron chi connectivity index (χ4n) is 2.60. The van der Waals surface area contributed by atoms with E-state index in [1.54, 1.807) is 6.92 Å². The van der Waals surface area contributed by atoms with E-state index >= 15 is 0 Å². The number of carbonyl (C=O) groups is 1. The highest BCUT2D eigenvalue weighted by atomic mass is 31.2. The molecule has 0 spiro atoms. The van der Waals surface area contributed by atoms with Gasteiger partial charge in [0.15, 0.2) is 5.78 Å². The summed E-state index contributed by atoms with van der Waals surface area (Å²) in [5, 5.41) is -1.55. The molecular formula is C12H23O4P. The van der Waals surface area contributed by atoms with Crippen molar-refractivity contribution in [3.8, 4) is 0 Å². The van der Waals surface area contributed by atoms with Crippen molar-refractivity contribution in [2.24, 2.45) is 11.8 Å². The number of rotatable bonds is 5. The van der Waals surface area contributed by atoms with Crippen LogP contribution in [0.2, 0.25) is 0 Å². The first-order valence-corrected chi connectivity index (χ1v) is 7.87. The molecule has 17 heavy (non-hydrogen) atoms. The molecule has 100 valence electrons. The Hall–Kier alpha value is -0.180. The average Bonchev–Trinajstić information content (AvgIpc) is 2.67. The molecule has 0 heterocycles. The minimum absolute atomic E-state index is 0.263. The number of Topliss-reactive ketones (excluding diaryl/α,β-unsaturated/α-hetero) is 1. The van der Waals surface area contributed by atoms with E-state index in [1.807, 2.05) is 0 Å². The van der Waals surface area contributed by atoms with Crippen molar-refractivity contribution in [1.29, 1.82) is 0 Å². The molecule has 0 amide bonds. The molecule has 0 aliphatic heterocycles. The predicted octanol–water partition coefficient (Wildman–Crippen LogP) is 2.73. The van der Waals surface area contributed by atoms with Crippen LogP contribution in [0.25, 0.3) is 0 Å². The van der Waals surface area contributed by atoms with Crippen LogP contribution in [0.3, 0.4) is 0 Å². The maximum atomic E-state index is 12.1. The Morgan fingerprint density at radius 1 is 1.35 bits per heavy atom. The van der Waals surface area contributed by atoms with Gasteiger partial charge in [-0.15, -0.1) is 0 Å². The molecule has 1 aliphatic rings. The van der Waals surface area contributed by atoms with Crippen LogP contribution in [0.15, 0.2) is 0 Å². The zero-order valence-electron chi connectivity index (χ0n) is 10.8. The molecule has 0 aromatic carbocycles. The van der Waals surface area contributed by atoms with E-state index < -0.39 is 12.8 Å². The third kappa shape index (κ3) is 3.40. The molecular weight excluding hydrogens is 239 g/mol. The van der Waals surface area contributed by atoms with Gasteiger partial charge in [-0.3, -0.25) is 9.36 Å². The van der Waals surface area contributed by atoms with Gasteiger partial charge in [-0.25, -0.2) is 0 Å². The molecule has 0 aromatic rings.